The molecule has 3 rings (SSSR count). The molecule has 3 atom stereocenters. The van der Waals surface area contributed by atoms with Gasteiger partial charge in [0.1, 0.15) is 11.6 Å². The predicted molar refractivity (Wildman–Crippen MR) is 94.1 cm³/mol. The standard InChI is InChI=1S/C17H18N4O2S/c1-9-4-5-11(10(2)6-9)14-7-13(17(22)23)19-15-12(8-18)16(24-3)20-21(14)15/h4-7,12,15-16,20H,1-3H3,(H,22,23). The second-order valence-corrected chi connectivity index (χ2v) is 6.87. The lowest BCUT2D eigenvalue weighted by atomic mass is 9.99. The minimum absolute atomic E-state index is 0.0185. The second-order valence-electron chi connectivity index (χ2n) is 5.89. The summed E-state index contributed by atoms with van der Waals surface area (Å²) in [4.78, 5) is 15.8. The maximum Gasteiger partial charge on any atom is 0.354 e. The molecule has 0 aliphatic carbocycles. The molecular formula is C17H18N4O2S. The van der Waals surface area contributed by atoms with Crippen molar-refractivity contribution in [2.45, 2.75) is 25.4 Å². The number of aliphatic carboxylic acids is 1. The Morgan fingerprint density at radius 3 is 2.79 bits per heavy atom. The summed E-state index contributed by atoms with van der Waals surface area (Å²) in [5.41, 5.74) is 7.15. The van der Waals surface area contributed by atoms with E-state index in [1.54, 1.807) is 6.08 Å². The van der Waals surface area contributed by atoms with Crippen LogP contribution in [0.1, 0.15) is 16.7 Å². The van der Waals surface area contributed by atoms with Gasteiger partial charge in [0.05, 0.1) is 17.1 Å². The van der Waals surface area contributed by atoms with Crippen LogP contribution in [0.25, 0.3) is 5.70 Å². The average molecular weight is 342 g/mol. The monoisotopic (exact) mass is 342 g/mol. The minimum atomic E-state index is -1.08. The summed E-state index contributed by atoms with van der Waals surface area (Å²) in [6, 6.07) is 8.30. The Kier molecular flexibility index (Phi) is 4.35. The molecule has 1 fully saturated rings. The molecule has 1 aromatic rings. The fraction of sp³-hybridized carbons (Fsp3) is 0.353. The van der Waals surface area contributed by atoms with E-state index in [1.165, 1.54) is 11.8 Å². The number of carboxylic acids is 1. The Bertz CT molecular complexity index is 796. The number of hydrazine groups is 1. The van der Waals surface area contributed by atoms with Gasteiger partial charge in [0.2, 0.25) is 0 Å². The van der Waals surface area contributed by atoms with Crippen LogP contribution in [-0.4, -0.2) is 39.6 Å². The number of nitrogens with one attached hydrogen (secondary N) is 1. The van der Waals surface area contributed by atoms with Crippen LogP contribution >= 0.6 is 11.8 Å². The number of hydrogen-bond donors (Lipinski definition) is 2. The molecule has 24 heavy (non-hydrogen) atoms. The highest BCUT2D eigenvalue weighted by Crippen LogP contribution is 2.37. The highest BCUT2D eigenvalue weighted by atomic mass is 32.2. The summed E-state index contributed by atoms with van der Waals surface area (Å²) in [6.07, 6.45) is 2.95. The van der Waals surface area contributed by atoms with Gasteiger partial charge in [0.15, 0.2) is 6.17 Å². The number of benzene rings is 1. The van der Waals surface area contributed by atoms with E-state index in [4.69, 9.17) is 0 Å². The lowest BCUT2D eigenvalue weighted by Crippen LogP contribution is -2.40. The number of fused-ring (bicyclic) bond motifs is 1. The van der Waals surface area contributed by atoms with Gasteiger partial charge < -0.3 is 5.11 Å². The van der Waals surface area contributed by atoms with E-state index in [1.807, 2.05) is 37.2 Å². The van der Waals surface area contributed by atoms with Gasteiger partial charge in [-0.1, -0.05) is 23.8 Å². The molecule has 2 N–H and O–H groups in total. The molecule has 0 aromatic heterocycles. The Morgan fingerprint density at radius 1 is 1.46 bits per heavy atom. The zero-order valence-electron chi connectivity index (χ0n) is 13.6. The smallest absolute Gasteiger partial charge is 0.354 e. The molecular weight excluding hydrogens is 324 g/mol. The van der Waals surface area contributed by atoms with E-state index in [0.29, 0.717) is 0 Å². The average Bonchev–Trinajstić information content (AvgIpc) is 2.91. The zero-order chi connectivity index (χ0) is 17.4. The summed E-state index contributed by atoms with van der Waals surface area (Å²) in [6.45, 7) is 4.01. The van der Waals surface area contributed by atoms with E-state index in [2.05, 4.69) is 22.6 Å². The zero-order valence-corrected chi connectivity index (χ0v) is 14.5. The Labute approximate surface area is 144 Å². The summed E-state index contributed by atoms with van der Waals surface area (Å²) in [5, 5.41) is 20.6. The number of thioether (sulfide) groups is 1. The van der Waals surface area contributed by atoms with Crippen LogP contribution in [0, 0.1) is 31.1 Å². The first-order chi connectivity index (χ1) is 11.5. The van der Waals surface area contributed by atoms with Crippen LogP contribution in [-0.2, 0) is 4.79 Å². The molecule has 1 saturated heterocycles. The number of carbonyl (C=O) groups is 1. The molecule has 0 spiro atoms. The second kappa shape index (κ2) is 6.30. The fourth-order valence-corrected chi connectivity index (χ4v) is 3.81. The van der Waals surface area contributed by atoms with Gasteiger partial charge in [0.25, 0.3) is 0 Å². The van der Waals surface area contributed by atoms with Crippen LogP contribution in [0.4, 0.5) is 0 Å². The summed E-state index contributed by atoms with van der Waals surface area (Å²) in [5.74, 6) is -1.51. The molecule has 124 valence electrons. The molecule has 0 bridgehead atoms. The number of nitriles is 1. The first kappa shape index (κ1) is 16.6. The van der Waals surface area contributed by atoms with Gasteiger partial charge in [0, 0.05) is 5.56 Å². The van der Waals surface area contributed by atoms with E-state index in [9.17, 15) is 15.2 Å². The molecule has 6 nitrogen and oxygen atoms in total. The highest BCUT2D eigenvalue weighted by molar-refractivity contribution is 7.99. The van der Waals surface area contributed by atoms with Crippen molar-refractivity contribution in [3.8, 4) is 6.07 Å². The topological polar surface area (TPSA) is 88.7 Å². The maximum atomic E-state index is 11.5. The van der Waals surface area contributed by atoms with E-state index in [0.717, 1.165) is 22.4 Å². The third kappa shape index (κ3) is 2.68. The Balaban J connectivity index is 2.12. The Hall–Kier alpha value is -2.30. The molecule has 1 aromatic carbocycles. The van der Waals surface area contributed by atoms with E-state index >= 15 is 0 Å². The van der Waals surface area contributed by atoms with Crippen LogP contribution in [0.2, 0.25) is 0 Å². The van der Waals surface area contributed by atoms with Gasteiger partial charge in [-0.25, -0.2) is 15.2 Å². The molecule has 2 aliphatic rings. The normalized spacial score (nSPS) is 25.6. The molecule has 2 heterocycles. The predicted octanol–water partition coefficient (Wildman–Crippen LogP) is 2.16. The number of nitrogens with zero attached hydrogens (tertiary/aromatic N) is 3. The van der Waals surface area contributed by atoms with Crippen molar-refractivity contribution >= 4 is 29.1 Å². The summed E-state index contributed by atoms with van der Waals surface area (Å²) >= 11 is 1.53. The van der Waals surface area contributed by atoms with Gasteiger partial charge in [-0.15, -0.1) is 11.8 Å². The summed E-state index contributed by atoms with van der Waals surface area (Å²) in [7, 11) is 0. The van der Waals surface area contributed by atoms with Crippen molar-refractivity contribution in [3.05, 3.63) is 41.0 Å². The Morgan fingerprint density at radius 2 is 2.21 bits per heavy atom. The van der Waals surface area contributed by atoms with Crippen molar-refractivity contribution < 1.29 is 9.90 Å². The number of aliphatic imine (C=N–C) groups is 1. The number of hydrogen-bond acceptors (Lipinski definition) is 6. The number of carboxylic acid groups (broad SMARTS) is 1. The van der Waals surface area contributed by atoms with Gasteiger partial charge in [-0.05, 0) is 31.7 Å². The quantitative estimate of drug-likeness (QED) is 0.875. The van der Waals surface area contributed by atoms with Crippen LogP contribution in [0.5, 0.6) is 0 Å². The van der Waals surface area contributed by atoms with Crippen LogP contribution in [0.3, 0.4) is 0 Å². The van der Waals surface area contributed by atoms with Crippen molar-refractivity contribution in [2.75, 3.05) is 6.26 Å². The van der Waals surface area contributed by atoms with Crippen molar-refractivity contribution in [1.82, 2.24) is 10.4 Å². The van der Waals surface area contributed by atoms with Crippen LogP contribution in [0.15, 0.2) is 29.3 Å². The molecule has 0 amide bonds. The lowest BCUT2D eigenvalue weighted by Gasteiger charge is -2.31. The van der Waals surface area contributed by atoms with Crippen molar-refractivity contribution in [2.24, 2.45) is 10.9 Å². The van der Waals surface area contributed by atoms with Gasteiger partial charge in [-0.3, -0.25) is 5.01 Å². The molecule has 3 unspecified atom stereocenters. The third-order valence-corrected chi connectivity index (χ3v) is 5.17. The van der Waals surface area contributed by atoms with Crippen molar-refractivity contribution in [3.63, 3.8) is 0 Å². The van der Waals surface area contributed by atoms with Gasteiger partial charge in [-0.2, -0.15) is 5.26 Å². The molecule has 0 saturated carbocycles. The number of aryl methyl sites for hydroxylation is 2. The molecule has 2 aliphatic heterocycles. The first-order valence-corrected chi connectivity index (χ1v) is 8.83. The highest BCUT2D eigenvalue weighted by Gasteiger charge is 2.45. The van der Waals surface area contributed by atoms with Crippen molar-refractivity contribution in [1.29, 1.82) is 5.26 Å². The fourth-order valence-electron chi connectivity index (χ4n) is 3.10. The van der Waals surface area contributed by atoms with E-state index < -0.39 is 18.1 Å². The lowest BCUT2D eigenvalue weighted by molar-refractivity contribution is -0.129. The van der Waals surface area contributed by atoms with E-state index in [-0.39, 0.29) is 11.1 Å². The minimum Gasteiger partial charge on any atom is -0.477 e. The van der Waals surface area contributed by atoms with Gasteiger partial charge >= 0.3 is 5.97 Å². The number of rotatable bonds is 3. The largest absolute Gasteiger partial charge is 0.477 e. The SMILES string of the molecule is CSC1NN2C(c3ccc(C)cc3C)=CC(C(=O)O)=NC2C1C#N. The third-order valence-electron chi connectivity index (χ3n) is 4.26. The molecule has 0 radical (unpaired) electrons. The maximum absolute atomic E-state index is 11.5. The summed E-state index contributed by atoms with van der Waals surface area (Å²) < 4.78 is 0. The molecule has 7 heteroatoms. The van der Waals surface area contributed by atoms with Crippen LogP contribution < -0.4 is 5.43 Å². The first-order valence-electron chi connectivity index (χ1n) is 7.54.